The molecule has 9 heteroatoms. The second-order valence-corrected chi connectivity index (χ2v) is 7.82. The first-order valence-corrected chi connectivity index (χ1v) is 10.2. The summed E-state index contributed by atoms with van der Waals surface area (Å²) in [6, 6.07) is 14.2. The molecule has 1 amide bonds. The molecule has 2 heterocycles. The molecule has 0 bridgehead atoms. The van der Waals surface area contributed by atoms with Crippen LogP contribution in [-0.2, 0) is 6.18 Å². The summed E-state index contributed by atoms with van der Waals surface area (Å²) >= 11 is 1.14. The minimum atomic E-state index is -4.78. The zero-order valence-corrected chi connectivity index (χ0v) is 17.4. The molecule has 158 valence electrons. The lowest BCUT2D eigenvalue weighted by Crippen LogP contribution is -2.21. The van der Waals surface area contributed by atoms with Gasteiger partial charge in [-0.2, -0.15) is 18.3 Å². The number of hydrogen-bond acceptors (Lipinski definition) is 4. The third-order valence-corrected chi connectivity index (χ3v) is 5.46. The van der Waals surface area contributed by atoms with Crippen molar-refractivity contribution in [1.29, 1.82) is 0 Å². The number of halogens is 3. The van der Waals surface area contributed by atoms with Gasteiger partial charge in [0.15, 0.2) is 10.8 Å². The number of benzene rings is 2. The molecule has 1 N–H and O–H groups in total. The first kappa shape index (κ1) is 20.8. The number of hydrogen-bond donors (Lipinski definition) is 1. The number of carbonyl (C=O) groups is 1. The highest BCUT2D eigenvalue weighted by atomic mass is 32.1. The van der Waals surface area contributed by atoms with Crippen LogP contribution in [0.3, 0.4) is 0 Å². The Morgan fingerprint density at radius 3 is 2.45 bits per heavy atom. The fourth-order valence-corrected chi connectivity index (χ4v) is 3.84. The van der Waals surface area contributed by atoms with Crippen LogP contribution in [0.4, 0.5) is 18.3 Å². The van der Waals surface area contributed by atoms with Crippen molar-refractivity contribution in [2.75, 3.05) is 5.32 Å². The second kappa shape index (κ2) is 7.99. The number of anilines is 1. The smallest absolute Gasteiger partial charge is 0.298 e. The molecule has 0 atom stereocenters. The summed E-state index contributed by atoms with van der Waals surface area (Å²) in [6.45, 7) is 3.64. The molecule has 0 fully saturated rings. The van der Waals surface area contributed by atoms with E-state index < -0.39 is 23.3 Å². The number of para-hydroxylation sites is 1. The third kappa shape index (κ3) is 4.22. The van der Waals surface area contributed by atoms with E-state index in [1.807, 2.05) is 31.2 Å². The molecule has 0 saturated heterocycles. The van der Waals surface area contributed by atoms with Gasteiger partial charge in [-0.05, 0) is 25.5 Å². The number of alkyl halides is 3. The Balaban J connectivity index is 1.65. The van der Waals surface area contributed by atoms with Gasteiger partial charge in [-0.25, -0.2) is 9.67 Å². The fourth-order valence-electron chi connectivity index (χ4n) is 3.12. The lowest BCUT2D eigenvalue weighted by molar-refractivity contribution is -0.143. The summed E-state index contributed by atoms with van der Waals surface area (Å²) in [5, 5.41) is 8.27. The summed E-state index contributed by atoms with van der Waals surface area (Å²) in [5.74, 6) is -0.919. The topological polar surface area (TPSA) is 59.8 Å². The summed E-state index contributed by atoms with van der Waals surface area (Å²) in [6.07, 6.45) is -3.85. The van der Waals surface area contributed by atoms with Gasteiger partial charge in [-0.1, -0.05) is 48.0 Å². The van der Waals surface area contributed by atoms with Gasteiger partial charge in [0.1, 0.15) is 0 Å². The average Bonchev–Trinajstić information content (AvgIpc) is 3.36. The monoisotopic (exact) mass is 442 g/mol. The second-order valence-electron chi connectivity index (χ2n) is 6.96. The quantitative estimate of drug-likeness (QED) is 0.429. The van der Waals surface area contributed by atoms with E-state index in [0.29, 0.717) is 11.3 Å². The first-order chi connectivity index (χ1) is 14.7. The van der Waals surface area contributed by atoms with Crippen LogP contribution in [0.15, 0.2) is 60.1 Å². The summed E-state index contributed by atoms with van der Waals surface area (Å²) < 4.78 is 42.3. The minimum absolute atomic E-state index is 0.206. The lowest BCUT2D eigenvalue weighted by atomic mass is 10.1. The maximum absolute atomic E-state index is 13.9. The van der Waals surface area contributed by atoms with Gasteiger partial charge < -0.3 is 0 Å². The van der Waals surface area contributed by atoms with Gasteiger partial charge in [0.2, 0.25) is 0 Å². The highest BCUT2D eigenvalue weighted by Gasteiger charge is 2.41. The van der Waals surface area contributed by atoms with Crippen LogP contribution >= 0.6 is 11.3 Å². The Labute approximate surface area is 180 Å². The summed E-state index contributed by atoms with van der Waals surface area (Å²) in [7, 11) is 0. The van der Waals surface area contributed by atoms with Gasteiger partial charge in [0, 0.05) is 10.9 Å². The van der Waals surface area contributed by atoms with Crippen LogP contribution in [0.1, 0.15) is 27.2 Å². The molecule has 2 aromatic heterocycles. The molecule has 31 heavy (non-hydrogen) atoms. The van der Waals surface area contributed by atoms with Crippen molar-refractivity contribution in [3.05, 3.63) is 82.5 Å². The van der Waals surface area contributed by atoms with Gasteiger partial charge in [0.05, 0.1) is 23.1 Å². The molecule has 2 aromatic carbocycles. The number of rotatable bonds is 4. The van der Waals surface area contributed by atoms with Gasteiger partial charge in [-0.15, -0.1) is 11.3 Å². The maximum Gasteiger partial charge on any atom is 0.434 e. The Kier molecular flexibility index (Phi) is 5.36. The van der Waals surface area contributed by atoms with Crippen molar-refractivity contribution in [2.24, 2.45) is 0 Å². The van der Waals surface area contributed by atoms with Crippen molar-refractivity contribution in [1.82, 2.24) is 14.8 Å². The minimum Gasteiger partial charge on any atom is -0.298 e. The molecule has 0 aliphatic rings. The van der Waals surface area contributed by atoms with E-state index in [1.165, 1.54) is 6.07 Å². The van der Waals surface area contributed by atoms with E-state index in [1.54, 1.807) is 30.5 Å². The Bertz CT molecular complexity index is 1240. The Hall–Kier alpha value is -3.46. The van der Waals surface area contributed by atoms with Crippen molar-refractivity contribution in [2.45, 2.75) is 20.0 Å². The van der Waals surface area contributed by atoms with Gasteiger partial charge >= 0.3 is 6.18 Å². The molecule has 0 saturated carbocycles. The molecule has 0 unspecified atom stereocenters. The van der Waals surface area contributed by atoms with Crippen molar-refractivity contribution in [3.8, 4) is 16.9 Å². The van der Waals surface area contributed by atoms with Crippen LogP contribution in [-0.4, -0.2) is 20.7 Å². The van der Waals surface area contributed by atoms with Crippen molar-refractivity contribution < 1.29 is 18.0 Å². The standard InChI is InChI=1S/C22H17F3N4OS/c1-13-7-9-15(10-8-13)17-12-31-21(27-17)28-20(30)16-11-26-29(19(16)22(23,24)25)18-6-4-3-5-14(18)2/h3-12H,1-2H3,(H,27,28,30). The molecular formula is C22H17F3N4OS. The van der Waals surface area contributed by atoms with Gasteiger partial charge in [-0.3, -0.25) is 10.1 Å². The predicted molar refractivity (Wildman–Crippen MR) is 114 cm³/mol. The van der Waals surface area contributed by atoms with E-state index in [-0.39, 0.29) is 10.8 Å². The maximum atomic E-state index is 13.9. The molecular weight excluding hydrogens is 425 g/mol. The average molecular weight is 442 g/mol. The number of amides is 1. The molecule has 0 aliphatic heterocycles. The van der Waals surface area contributed by atoms with Crippen LogP contribution in [0, 0.1) is 13.8 Å². The zero-order valence-electron chi connectivity index (χ0n) is 16.6. The lowest BCUT2D eigenvalue weighted by Gasteiger charge is -2.14. The number of aromatic nitrogens is 3. The highest BCUT2D eigenvalue weighted by molar-refractivity contribution is 7.14. The van der Waals surface area contributed by atoms with E-state index in [4.69, 9.17) is 0 Å². The van der Waals surface area contributed by atoms with E-state index in [0.717, 1.165) is 33.3 Å². The zero-order chi connectivity index (χ0) is 22.2. The Morgan fingerprint density at radius 1 is 1.06 bits per heavy atom. The third-order valence-electron chi connectivity index (χ3n) is 4.70. The highest BCUT2D eigenvalue weighted by Crippen LogP contribution is 2.35. The van der Waals surface area contributed by atoms with E-state index in [9.17, 15) is 18.0 Å². The largest absolute Gasteiger partial charge is 0.434 e. The van der Waals surface area contributed by atoms with Crippen LogP contribution in [0.25, 0.3) is 16.9 Å². The molecule has 0 aliphatic carbocycles. The van der Waals surface area contributed by atoms with Crippen molar-refractivity contribution >= 4 is 22.4 Å². The summed E-state index contributed by atoms with van der Waals surface area (Å²) in [5.41, 5.74) is 1.74. The molecule has 4 aromatic rings. The predicted octanol–water partition coefficient (Wildman–Crippen LogP) is 5.88. The fraction of sp³-hybridized carbons (Fsp3) is 0.136. The number of nitrogens with one attached hydrogen (secondary N) is 1. The number of aryl methyl sites for hydroxylation is 2. The summed E-state index contributed by atoms with van der Waals surface area (Å²) in [4.78, 5) is 17.0. The molecule has 0 spiro atoms. The van der Waals surface area contributed by atoms with E-state index >= 15 is 0 Å². The molecule has 0 radical (unpaired) electrons. The van der Waals surface area contributed by atoms with Gasteiger partial charge in [0.25, 0.3) is 5.91 Å². The Morgan fingerprint density at radius 2 is 1.77 bits per heavy atom. The van der Waals surface area contributed by atoms with Crippen LogP contribution in [0.5, 0.6) is 0 Å². The van der Waals surface area contributed by atoms with Crippen LogP contribution in [0.2, 0.25) is 0 Å². The molecule has 4 rings (SSSR count). The van der Waals surface area contributed by atoms with Crippen LogP contribution < -0.4 is 5.32 Å². The number of nitrogens with zero attached hydrogens (tertiary/aromatic N) is 3. The van der Waals surface area contributed by atoms with E-state index in [2.05, 4.69) is 15.4 Å². The SMILES string of the molecule is Cc1ccc(-c2csc(NC(=O)c3cnn(-c4ccccc4C)c3C(F)(F)F)n2)cc1. The molecule has 5 nitrogen and oxygen atoms in total. The van der Waals surface area contributed by atoms with Crippen molar-refractivity contribution in [3.63, 3.8) is 0 Å². The first-order valence-electron chi connectivity index (χ1n) is 9.29. The number of thiazole rings is 1. The number of carbonyl (C=O) groups excluding carboxylic acids is 1. The normalized spacial score (nSPS) is 11.5.